The summed E-state index contributed by atoms with van der Waals surface area (Å²) in [5, 5.41) is 2.96. The maximum Gasteiger partial charge on any atom is 0.255 e. The Morgan fingerprint density at radius 2 is 2.03 bits per heavy atom. The monoisotopic (exact) mass is 399 g/mol. The lowest BCUT2D eigenvalue weighted by Gasteiger charge is -2.11. The molecule has 1 amide bonds. The van der Waals surface area contributed by atoms with Gasteiger partial charge in [-0.25, -0.2) is 4.98 Å². The summed E-state index contributed by atoms with van der Waals surface area (Å²) < 4.78 is 13.2. The first-order valence-electron chi connectivity index (χ1n) is 9.84. The molecule has 0 spiro atoms. The van der Waals surface area contributed by atoms with Crippen molar-refractivity contribution in [1.29, 1.82) is 0 Å². The van der Waals surface area contributed by atoms with Crippen molar-refractivity contribution in [2.75, 3.05) is 12.4 Å². The lowest BCUT2D eigenvalue weighted by Crippen LogP contribution is -2.12. The van der Waals surface area contributed by atoms with E-state index in [1.165, 1.54) is 0 Å². The van der Waals surface area contributed by atoms with Crippen LogP contribution in [0.2, 0.25) is 0 Å². The second-order valence-electron chi connectivity index (χ2n) is 7.42. The zero-order chi connectivity index (χ0) is 20.7. The van der Waals surface area contributed by atoms with Gasteiger partial charge in [0, 0.05) is 41.2 Å². The van der Waals surface area contributed by atoms with Crippen molar-refractivity contribution in [2.24, 2.45) is 0 Å². The number of ether oxygens (including phenoxy) is 2. The molecule has 6 heteroatoms. The highest BCUT2D eigenvalue weighted by atomic mass is 16.5. The molecule has 2 aromatic carbocycles. The largest absolute Gasteiger partial charge is 0.493 e. The number of rotatable bonds is 4. The lowest BCUT2D eigenvalue weighted by molar-refractivity contribution is 0.102. The van der Waals surface area contributed by atoms with Crippen molar-refractivity contribution in [2.45, 2.75) is 19.4 Å². The van der Waals surface area contributed by atoms with Crippen molar-refractivity contribution in [1.82, 2.24) is 9.38 Å². The molecular formula is C24H21N3O3. The van der Waals surface area contributed by atoms with Gasteiger partial charge in [-0.3, -0.25) is 4.79 Å². The van der Waals surface area contributed by atoms with E-state index in [2.05, 4.69) is 10.3 Å². The minimum absolute atomic E-state index is 0.0827. The van der Waals surface area contributed by atoms with Gasteiger partial charge in [0.15, 0.2) is 11.5 Å². The van der Waals surface area contributed by atoms with Crippen molar-refractivity contribution in [3.05, 3.63) is 78.1 Å². The Balaban J connectivity index is 1.36. The fourth-order valence-electron chi connectivity index (χ4n) is 3.78. The molecule has 3 heterocycles. The first-order chi connectivity index (χ1) is 14.6. The summed E-state index contributed by atoms with van der Waals surface area (Å²) in [4.78, 5) is 17.4. The zero-order valence-electron chi connectivity index (χ0n) is 16.8. The molecule has 1 aliphatic heterocycles. The Kier molecular flexibility index (Phi) is 4.39. The fourth-order valence-corrected chi connectivity index (χ4v) is 3.78. The number of carbonyl (C=O) groups excluding carboxylic acids is 1. The maximum atomic E-state index is 12.8. The number of methoxy groups -OCH3 is 1. The minimum atomic E-state index is -0.184. The average Bonchev–Trinajstić information content (AvgIpc) is 3.36. The molecule has 6 nitrogen and oxygen atoms in total. The molecule has 150 valence electrons. The van der Waals surface area contributed by atoms with Gasteiger partial charge in [0.1, 0.15) is 11.8 Å². The number of hydrogen-bond donors (Lipinski definition) is 1. The van der Waals surface area contributed by atoms with Gasteiger partial charge >= 0.3 is 0 Å². The number of amides is 1. The van der Waals surface area contributed by atoms with E-state index < -0.39 is 0 Å². The predicted molar refractivity (Wildman–Crippen MR) is 115 cm³/mol. The van der Waals surface area contributed by atoms with Crippen molar-refractivity contribution < 1.29 is 14.3 Å². The Hall–Kier alpha value is -3.80. The molecule has 0 radical (unpaired) electrons. The average molecular weight is 399 g/mol. The van der Waals surface area contributed by atoms with Crippen LogP contribution in [-0.4, -0.2) is 28.5 Å². The number of carbonyl (C=O) groups is 1. The molecule has 4 aromatic rings. The van der Waals surface area contributed by atoms with Crippen molar-refractivity contribution >= 4 is 17.2 Å². The molecule has 2 aromatic heterocycles. The molecule has 30 heavy (non-hydrogen) atoms. The van der Waals surface area contributed by atoms with Gasteiger partial charge in [0.05, 0.1) is 12.8 Å². The topological polar surface area (TPSA) is 64.9 Å². The molecule has 0 fully saturated rings. The number of fused-ring (bicyclic) bond motifs is 2. The molecule has 1 unspecified atom stereocenters. The molecule has 0 aliphatic carbocycles. The number of imidazole rings is 1. The standard InChI is InChI=1S/C24H21N3O3/c1-15-11-17-12-18(13-21(29-2)23(17)30-15)24(28)25-19-8-6-16(7-9-19)20-14-27-10-4-3-5-22(27)26-20/h3-10,12-15H,11H2,1-2H3,(H,25,28). The van der Waals surface area contributed by atoms with E-state index in [0.29, 0.717) is 11.3 Å². The molecule has 0 saturated carbocycles. The van der Waals surface area contributed by atoms with Crippen LogP contribution < -0.4 is 14.8 Å². The summed E-state index contributed by atoms with van der Waals surface area (Å²) >= 11 is 0. The Morgan fingerprint density at radius 1 is 1.20 bits per heavy atom. The SMILES string of the molecule is COc1cc(C(=O)Nc2ccc(-c3cn4ccccc4n3)cc2)cc2c1OC(C)C2. The van der Waals surface area contributed by atoms with E-state index in [9.17, 15) is 4.79 Å². The van der Waals surface area contributed by atoms with Gasteiger partial charge in [-0.15, -0.1) is 0 Å². The van der Waals surface area contributed by atoms with Crippen LogP contribution in [0.5, 0.6) is 11.5 Å². The zero-order valence-corrected chi connectivity index (χ0v) is 16.8. The van der Waals surface area contributed by atoms with Crippen LogP contribution in [0, 0.1) is 0 Å². The van der Waals surface area contributed by atoms with Gasteiger partial charge < -0.3 is 19.2 Å². The number of hydrogen-bond acceptors (Lipinski definition) is 4. The van der Waals surface area contributed by atoms with Crippen LogP contribution in [0.15, 0.2) is 67.0 Å². The summed E-state index contributed by atoms with van der Waals surface area (Å²) in [6.45, 7) is 2.00. The first-order valence-corrected chi connectivity index (χ1v) is 9.84. The molecule has 1 aliphatic rings. The number of nitrogens with zero attached hydrogens (tertiary/aromatic N) is 2. The molecular weight excluding hydrogens is 378 g/mol. The number of aromatic nitrogens is 2. The van der Waals surface area contributed by atoms with Gasteiger partial charge in [0.2, 0.25) is 0 Å². The lowest BCUT2D eigenvalue weighted by atomic mass is 10.1. The fraction of sp³-hybridized carbons (Fsp3) is 0.167. The van der Waals surface area contributed by atoms with Gasteiger partial charge in [-0.05, 0) is 43.3 Å². The Bertz CT molecular complexity index is 1210. The first kappa shape index (κ1) is 18.2. The molecule has 5 rings (SSSR count). The summed E-state index contributed by atoms with van der Waals surface area (Å²) in [6, 6.07) is 17.2. The summed E-state index contributed by atoms with van der Waals surface area (Å²) in [5.74, 6) is 1.14. The third-order valence-corrected chi connectivity index (χ3v) is 5.24. The van der Waals surface area contributed by atoms with Crippen LogP contribution in [0.4, 0.5) is 5.69 Å². The molecule has 1 N–H and O–H groups in total. The van der Waals surface area contributed by atoms with Crippen LogP contribution in [0.3, 0.4) is 0 Å². The van der Waals surface area contributed by atoms with Crippen LogP contribution in [0.1, 0.15) is 22.8 Å². The summed E-state index contributed by atoms with van der Waals surface area (Å²) in [6.07, 6.45) is 4.81. The maximum absolute atomic E-state index is 12.8. The third kappa shape index (κ3) is 3.26. The van der Waals surface area contributed by atoms with E-state index in [-0.39, 0.29) is 12.0 Å². The number of benzene rings is 2. The minimum Gasteiger partial charge on any atom is -0.493 e. The highest BCUT2D eigenvalue weighted by Crippen LogP contribution is 2.39. The van der Waals surface area contributed by atoms with E-state index >= 15 is 0 Å². The smallest absolute Gasteiger partial charge is 0.255 e. The molecule has 0 saturated heterocycles. The Labute approximate surface area is 174 Å². The van der Waals surface area contributed by atoms with Gasteiger partial charge in [-0.1, -0.05) is 18.2 Å². The second kappa shape index (κ2) is 7.22. The van der Waals surface area contributed by atoms with Crippen molar-refractivity contribution in [3.63, 3.8) is 0 Å². The highest BCUT2D eigenvalue weighted by molar-refractivity contribution is 6.05. The van der Waals surface area contributed by atoms with E-state index in [4.69, 9.17) is 9.47 Å². The van der Waals surface area contributed by atoms with Gasteiger partial charge in [0.25, 0.3) is 5.91 Å². The molecule has 1 atom stereocenters. The number of nitrogens with one attached hydrogen (secondary N) is 1. The Morgan fingerprint density at radius 3 is 2.80 bits per heavy atom. The third-order valence-electron chi connectivity index (χ3n) is 5.24. The predicted octanol–water partition coefficient (Wildman–Crippen LogP) is 4.59. The van der Waals surface area contributed by atoms with Crippen LogP contribution in [-0.2, 0) is 6.42 Å². The van der Waals surface area contributed by atoms with E-state index in [1.807, 2.05) is 72.2 Å². The van der Waals surface area contributed by atoms with Gasteiger partial charge in [-0.2, -0.15) is 0 Å². The van der Waals surface area contributed by atoms with E-state index in [1.54, 1.807) is 13.2 Å². The van der Waals surface area contributed by atoms with Crippen molar-refractivity contribution in [3.8, 4) is 22.8 Å². The molecule has 0 bridgehead atoms. The van der Waals surface area contributed by atoms with Crippen LogP contribution >= 0.6 is 0 Å². The van der Waals surface area contributed by atoms with E-state index in [0.717, 1.165) is 40.3 Å². The number of anilines is 1. The second-order valence-corrected chi connectivity index (χ2v) is 7.42. The normalized spacial score (nSPS) is 14.9. The quantitative estimate of drug-likeness (QED) is 0.545. The van der Waals surface area contributed by atoms with Crippen LogP contribution in [0.25, 0.3) is 16.9 Å². The summed E-state index contributed by atoms with van der Waals surface area (Å²) in [5.41, 5.74) is 5.03. The number of pyridine rings is 1. The summed E-state index contributed by atoms with van der Waals surface area (Å²) in [7, 11) is 1.59. The highest BCUT2D eigenvalue weighted by Gasteiger charge is 2.25.